The van der Waals surface area contributed by atoms with Crippen molar-refractivity contribution in [3.05, 3.63) is 52.8 Å². The first-order chi connectivity index (χ1) is 9.52. The van der Waals surface area contributed by atoms with Gasteiger partial charge in [0.2, 0.25) is 0 Å². The van der Waals surface area contributed by atoms with Crippen molar-refractivity contribution >= 4 is 5.69 Å². The predicted octanol–water partition coefficient (Wildman–Crippen LogP) is 4.86. The third kappa shape index (κ3) is 3.06. The first kappa shape index (κ1) is 14.7. The van der Waals surface area contributed by atoms with Gasteiger partial charge in [-0.1, -0.05) is 26.0 Å². The Morgan fingerprint density at radius 2 is 1.90 bits per heavy atom. The molecule has 0 aliphatic heterocycles. The van der Waals surface area contributed by atoms with Crippen LogP contribution in [0.4, 0.5) is 5.69 Å². The largest absolute Gasteiger partial charge is 0.381 e. The monoisotopic (exact) mass is 270 g/mol. The molecular weight excluding hydrogens is 244 g/mol. The Balaban J connectivity index is 2.11. The molecule has 1 heterocycles. The Labute approximate surface area is 122 Å². The first-order valence-corrected chi connectivity index (χ1v) is 7.52. The molecule has 2 aromatic rings. The number of aryl methyl sites for hydroxylation is 1. The van der Waals surface area contributed by atoms with E-state index in [9.17, 15) is 0 Å². The van der Waals surface area contributed by atoms with Crippen LogP contribution < -0.4 is 5.32 Å². The second kappa shape index (κ2) is 6.17. The molecule has 0 aliphatic carbocycles. The van der Waals surface area contributed by atoms with Gasteiger partial charge in [0.15, 0.2) is 0 Å². The molecule has 0 amide bonds. The van der Waals surface area contributed by atoms with Crippen molar-refractivity contribution < 1.29 is 0 Å². The van der Waals surface area contributed by atoms with Crippen LogP contribution in [0.1, 0.15) is 49.2 Å². The van der Waals surface area contributed by atoms with Crippen LogP contribution in [0, 0.1) is 13.8 Å². The lowest BCUT2D eigenvalue weighted by Crippen LogP contribution is -2.03. The number of benzene rings is 1. The Morgan fingerprint density at radius 1 is 1.15 bits per heavy atom. The van der Waals surface area contributed by atoms with Gasteiger partial charge in [0, 0.05) is 30.2 Å². The molecule has 0 unspecified atom stereocenters. The van der Waals surface area contributed by atoms with Gasteiger partial charge in [0.05, 0.1) is 0 Å². The molecule has 2 rings (SSSR count). The molecule has 0 saturated heterocycles. The lowest BCUT2D eigenvalue weighted by Gasteiger charge is -2.11. The summed E-state index contributed by atoms with van der Waals surface area (Å²) >= 11 is 0. The maximum absolute atomic E-state index is 3.55. The average Bonchev–Trinajstić information content (AvgIpc) is 2.71. The second-order valence-electron chi connectivity index (χ2n) is 5.77. The molecule has 0 bridgehead atoms. The zero-order valence-corrected chi connectivity index (χ0v) is 13.3. The number of nitrogens with one attached hydrogen (secondary N) is 1. The highest BCUT2D eigenvalue weighted by Crippen LogP contribution is 2.20. The van der Waals surface area contributed by atoms with E-state index in [0.29, 0.717) is 5.92 Å². The van der Waals surface area contributed by atoms with E-state index in [1.165, 1.54) is 28.2 Å². The third-order valence-electron chi connectivity index (χ3n) is 4.03. The average molecular weight is 270 g/mol. The van der Waals surface area contributed by atoms with Crippen molar-refractivity contribution in [3.63, 3.8) is 0 Å². The standard InChI is InChI=1S/C18H26N2/c1-6-20-14(4)10-17(15(20)5)12-19-18-9-7-8-16(11-18)13(2)3/h7-11,13,19H,6,12H2,1-5H3. The lowest BCUT2D eigenvalue weighted by atomic mass is 10.0. The SMILES string of the molecule is CCn1c(C)cc(CNc2cccc(C(C)C)c2)c1C. The predicted molar refractivity (Wildman–Crippen MR) is 87.4 cm³/mol. The van der Waals surface area contributed by atoms with E-state index in [1.54, 1.807) is 0 Å². The maximum atomic E-state index is 3.55. The van der Waals surface area contributed by atoms with E-state index in [2.05, 4.69) is 74.8 Å². The minimum Gasteiger partial charge on any atom is -0.381 e. The lowest BCUT2D eigenvalue weighted by molar-refractivity contribution is 0.715. The highest BCUT2D eigenvalue weighted by Gasteiger charge is 2.07. The third-order valence-corrected chi connectivity index (χ3v) is 4.03. The molecule has 1 N–H and O–H groups in total. The minimum absolute atomic E-state index is 0.571. The Kier molecular flexibility index (Phi) is 4.53. The summed E-state index contributed by atoms with van der Waals surface area (Å²) < 4.78 is 2.36. The molecule has 1 aromatic heterocycles. The summed E-state index contributed by atoms with van der Waals surface area (Å²) in [7, 11) is 0. The topological polar surface area (TPSA) is 17.0 Å². The molecular formula is C18H26N2. The van der Waals surface area contributed by atoms with E-state index in [-0.39, 0.29) is 0 Å². The van der Waals surface area contributed by atoms with Crippen LogP contribution in [0.25, 0.3) is 0 Å². The van der Waals surface area contributed by atoms with Crippen LogP contribution in [0.3, 0.4) is 0 Å². The summed E-state index contributed by atoms with van der Waals surface area (Å²) in [6.07, 6.45) is 0. The highest BCUT2D eigenvalue weighted by atomic mass is 15.0. The number of hydrogen-bond acceptors (Lipinski definition) is 1. The Hall–Kier alpha value is -1.70. The summed E-state index contributed by atoms with van der Waals surface area (Å²) in [6, 6.07) is 11.0. The van der Waals surface area contributed by atoms with Gasteiger partial charge in [-0.2, -0.15) is 0 Å². The van der Waals surface area contributed by atoms with Crippen molar-refractivity contribution in [2.24, 2.45) is 0 Å². The fraction of sp³-hybridized carbons (Fsp3) is 0.444. The zero-order valence-electron chi connectivity index (χ0n) is 13.3. The van der Waals surface area contributed by atoms with Gasteiger partial charge < -0.3 is 9.88 Å². The van der Waals surface area contributed by atoms with Gasteiger partial charge >= 0.3 is 0 Å². The van der Waals surface area contributed by atoms with Crippen LogP contribution >= 0.6 is 0 Å². The van der Waals surface area contributed by atoms with Gasteiger partial charge in [-0.05, 0) is 56.0 Å². The maximum Gasteiger partial charge on any atom is 0.0418 e. The highest BCUT2D eigenvalue weighted by molar-refractivity contribution is 5.47. The molecule has 0 aliphatic rings. The molecule has 0 saturated carbocycles. The normalized spacial score (nSPS) is 11.1. The summed E-state index contributed by atoms with van der Waals surface area (Å²) in [5.74, 6) is 0.571. The smallest absolute Gasteiger partial charge is 0.0418 e. The number of hydrogen-bond donors (Lipinski definition) is 1. The quantitative estimate of drug-likeness (QED) is 0.821. The van der Waals surface area contributed by atoms with Crippen LogP contribution in [-0.4, -0.2) is 4.57 Å². The number of aromatic nitrogens is 1. The van der Waals surface area contributed by atoms with Crippen LogP contribution in [0.15, 0.2) is 30.3 Å². The fourth-order valence-corrected chi connectivity index (χ4v) is 2.74. The van der Waals surface area contributed by atoms with E-state index < -0.39 is 0 Å². The van der Waals surface area contributed by atoms with Crippen molar-refractivity contribution in [1.82, 2.24) is 4.57 Å². The summed E-state index contributed by atoms with van der Waals surface area (Å²) in [4.78, 5) is 0. The molecule has 2 nitrogen and oxygen atoms in total. The van der Waals surface area contributed by atoms with Crippen LogP contribution in [0.5, 0.6) is 0 Å². The molecule has 0 atom stereocenters. The van der Waals surface area contributed by atoms with Gasteiger partial charge in [0.1, 0.15) is 0 Å². The molecule has 108 valence electrons. The molecule has 0 radical (unpaired) electrons. The Bertz CT molecular complexity index is 579. The van der Waals surface area contributed by atoms with E-state index in [4.69, 9.17) is 0 Å². The van der Waals surface area contributed by atoms with E-state index in [0.717, 1.165) is 13.1 Å². The fourth-order valence-electron chi connectivity index (χ4n) is 2.74. The molecule has 0 fully saturated rings. The summed E-state index contributed by atoms with van der Waals surface area (Å²) in [6.45, 7) is 13.0. The molecule has 0 spiro atoms. The number of nitrogens with zero attached hydrogens (tertiary/aromatic N) is 1. The first-order valence-electron chi connectivity index (χ1n) is 7.52. The van der Waals surface area contributed by atoms with E-state index in [1.807, 2.05) is 0 Å². The van der Waals surface area contributed by atoms with Gasteiger partial charge in [-0.25, -0.2) is 0 Å². The number of anilines is 1. The van der Waals surface area contributed by atoms with Gasteiger partial charge in [0.25, 0.3) is 0 Å². The van der Waals surface area contributed by atoms with Crippen molar-refractivity contribution in [1.29, 1.82) is 0 Å². The van der Waals surface area contributed by atoms with Crippen molar-refractivity contribution in [2.45, 2.75) is 53.6 Å². The second-order valence-corrected chi connectivity index (χ2v) is 5.77. The summed E-state index contributed by atoms with van der Waals surface area (Å²) in [5, 5.41) is 3.55. The van der Waals surface area contributed by atoms with Crippen LogP contribution in [-0.2, 0) is 13.1 Å². The molecule has 20 heavy (non-hydrogen) atoms. The Morgan fingerprint density at radius 3 is 2.50 bits per heavy atom. The van der Waals surface area contributed by atoms with Gasteiger partial charge in [-0.3, -0.25) is 0 Å². The van der Waals surface area contributed by atoms with E-state index >= 15 is 0 Å². The van der Waals surface area contributed by atoms with Crippen molar-refractivity contribution in [2.75, 3.05) is 5.32 Å². The van der Waals surface area contributed by atoms with Gasteiger partial charge in [-0.15, -0.1) is 0 Å². The molecule has 2 heteroatoms. The minimum atomic E-state index is 0.571. The van der Waals surface area contributed by atoms with Crippen molar-refractivity contribution in [3.8, 4) is 0 Å². The zero-order chi connectivity index (χ0) is 14.7. The molecule has 1 aromatic carbocycles. The summed E-state index contributed by atoms with van der Waals surface area (Å²) in [5.41, 5.74) is 6.70. The number of rotatable bonds is 5. The van der Waals surface area contributed by atoms with Crippen LogP contribution in [0.2, 0.25) is 0 Å².